The summed E-state index contributed by atoms with van der Waals surface area (Å²) >= 11 is 12.3. The van der Waals surface area contributed by atoms with E-state index in [0.29, 0.717) is 22.6 Å². The third-order valence-corrected chi connectivity index (χ3v) is 4.23. The van der Waals surface area contributed by atoms with Crippen LogP contribution in [0.1, 0.15) is 25.0 Å². The molecule has 0 aliphatic heterocycles. The van der Waals surface area contributed by atoms with Gasteiger partial charge in [0.05, 0.1) is 15.6 Å². The Labute approximate surface area is 168 Å². The lowest BCUT2D eigenvalue weighted by molar-refractivity contribution is -0.130. The molecule has 0 spiro atoms. The molecule has 2 aromatic rings. The minimum Gasteiger partial charge on any atom is -0.489 e. The van der Waals surface area contributed by atoms with E-state index < -0.39 is 5.97 Å². The van der Waals surface area contributed by atoms with E-state index in [9.17, 15) is 9.90 Å². The van der Waals surface area contributed by atoms with Crippen molar-refractivity contribution in [3.8, 4) is 23.8 Å². The summed E-state index contributed by atoms with van der Waals surface area (Å²) in [5.41, 5.74) is 2.30. The van der Waals surface area contributed by atoms with Crippen LogP contribution in [0.3, 0.4) is 0 Å². The number of carbonyl (C=O) groups is 1. The molecular formula is C21H18Cl2O4. The van der Waals surface area contributed by atoms with Crippen LogP contribution in [0.2, 0.25) is 10.0 Å². The predicted molar refractivity (Wildman–Crippen MR) is 107 cm³/mol. The summed E-state index contributed by atoms with van der Waals surface area (Å²) in [5, 5.41) is 10.1. The molecule has 0 saturated heterocycles. The predicted octanol–water partition coefficient (Wildman–Crippen LogP) is 5.46. The Bertz CT molecular complexity index is 899. The van der Waals surface area contributed by atoms with Crippen LogP contribution in [0.25, 0.3) is 5.57 Å². The molecule has 0 aromatic heterocycles. The minimum absolute atomic E-state index is 0.0493. The van der Waals surface area contributed by atoms with Gasteiger partial charge >= 0.3 is 5.97 Å². The number of halogens is 2. The van der Waals surface area contributed by atoms with Crippen molar-refractivity contribution < 1.29 is 19.4 Å². The summed E-state index contributed by atoms with van der Waals surface area (Å²) in [6.07, 6.45) is 5.17. The van der Waals surface area contributed by atoms with Gasteiger partial charge in [-0.25, -0.2) is 4.79 Å². The Morgan fingerprint density at radius 3 is 2.33 bits per heavy atom. The van der Waals surface area contributed by atoms with Crippen LogP contribution in [0, 0.1) is 12.3 Å². The molecule has 2 rings (SSSR count). The molecule has 0 radical (unpaired) electrons. The van der Waals surface area contributed by atoms with Crippen molar-refractivity contribution in [3.05, 3.63) is 63.1 Å². The van der Waals surface area contributed by atoms with Gasteiger partial charge in [-0.1, -0.05) is 59.0 Å². The topological polar surface area (TPSA) is 55.8 Å². The van der Waals surface area contributed by atoms with Crippen LogP contribution in [-0.2, 0) is 11.4 Å². The van der Waals surface area contributed by atoms with Crippen molar-refractivity contribution in [2.75, 3.05) is 6.61 Å². The number of carboxylic acid groups (broad SMARTS) is 1. The zero-order chi connectivity index (χ0) is 20.0. The van der Waals surface area contributed by atoms with Crippen molar-refractivity contribution in [1.82, 2.24) is 0 Å². The van der Waals surface area contributed by atoms with Gasteiger partial charge < -0.3 is 14.6 Å². The van der Waals surface area contributed by atoms with E-state index in [-0.39, 0.29) is 28.8 Å². The summed E-state index contributed by atoms with van der Waals surface area (Å²) in [7, 11) is 0. The molecule has 0 saturated carbocycles. The van der Waals surface area contributed by atoms with Crippen LogP contribution in [0.4, 0.5) is 0 Å². The molecule has 0 bridgehead atoms. The van der Waals surface area contributed by atoms with E-state index in [2.05, 4.69) is 5.92 Å². The molecule has 6 heteroatoms. The largest absolute Gasteiger partial charge is 0.489 e. The van der Waals surface area contributed by atoms with Crippen molar-refractivity contribution in [3.63, 3.8) is 0 Å². The monoisotopic (exact) mass is 404 g/mol. The summed E-state index contributed by atoms with van der Waals surface area (Å²) in [4.78, 5) is 11.6. The van der Waals surface area contributed by atoms with Gasteiger partial charge in [-0.3, -0.25) is 0 Å². The third kappa shape index (κ3) is 5.19. The first kappa shape index (κ1) is 20.7. The third-order valence-electron chi connectivity index (χ3n) is 3.67. The molecule has 0 unspecified atom stereocenters. The number of aliphatic carboxylic acids is 1. The van der Waals surface area contributed by atoms with Gasteiger partial charge in [0, 0.05) is 12.1 Å². The van der Waals surface area contributed by atoms with E-state index >= 15 is 0 Å². The summed E-state index contributed by atoms with van der Waals surface area (Å²) in [6.45, 7) is 3.72. The number of ether oxygens (including phenoxy) is 2. The highest BCUT2D eigenvalue weighted by Crippen LogP contribution is 2.37. The number of terminal acetylenes is 1. The lowest BCUT2D eigenvalue weighted by Gasteiger charge is -2.14. The van der Waals surface area contributed by atoms with Crippen LogP contribution in [0.5, 0.6) is 11.5 Å². The standard InChI is InChI=1S/C21H18Cl2O4/c1-4-9-26-20-17(22)10-15(11-18(20)23)27-12-14-7-5-6-8-16(14)19(13(2)3)21(24)25/h1,5-8,10-11H,9,12H2,2-3H3,(H,24,25). The molecule has 140 valence electrons. The van der Waals surface area contributed by atoms with Crippen LogP contribution in [-0.4, -0.2) is 17.7 Å². The summed E-state index contributed by atoms with van der Waals surface area (Å²) in [6, 6.07) is 10.3. The second-order valence-corrected chi connectivity index (χ2v) is 6.65. The summed E-state index contributed by atoms with van der Waals surface area (Å²) < 4.78 is 11.1. The van der Waals surface area contributed by atoms with Gasteiger partial charge in [0.15, 0.2) is 5.75 Å². The van der Waals surface area contributed by atoms with Crippen LogP contribution >= 0.6 is 23.2 Å². The van der Waals surface area contributed by atoms with Crippen molar-refractivity contribution in [1.29, 1.82) is 0 Å². The molecule has 0 fully saturated rings. The quantitative estimate of drug-likeness (QED) is 0.491. The fourth-order valence-corrected chi connectivity index (χ4v) is 3.10. The van der Waals surface area contributed by atoms with Crippen LogP contribution in [0.15, 0.2) is 42.0 Å². The van der Waals surface area contributed by atoms with Gasteiger partial charge in [-0.05, 0) is 25.0 Å². The number of hydrogen-bond acceptors (Lipinski definition) is 3. The molecule has 0 aliphatic rings. The maximum absolute atomic E-state index is 11.6. The molecule has 0 amide bonds. The number of carboxylic acids is 1. The highest BCUT2D eigenvalue weighted by atomic mass is 35.5. The van der Waals surface area contributed by atoms with Crippen molar-refractivity contribution in [2.24, 2.45) is 0 Å². The number of allylic oxidation sites excluding steroid dienone is 1. The first-order chi connectivity index (χ1) is 12.8. The minimum atomic E-state index is -0.983. The lowest BCUT2D eigenvalue weighted by Crippen LogP contribution is -2.07. The Hall–Kier alpha value is -2.61. The van der Waals surface area contributed by atoms with Crippen molar-refractivity contribution in [2.45, 2.75) is 20.5 Å². The molecular weight excluding hydrogens is 387 g/mol. The Balaban J connectivity index is 2.27. The van der Waals surface area contributed by atoms with Gasteiger partial charge in [0.2, 0.25) is 0 Å². The molecule has 0 heterocycles. The highest BCUT2D eigenvalue weighted by Gasteiger charge is 2.16. The highest BCUT2D eigenvalue weighted by molar-refractivity contribution is 6.37. The zero-order valence-electron chi connectivity index (χ0n) is 14.9. The molecule has 4 nitrogen and oxygen atoms in total. The van der Waals surface area contributed by atoms with Gasteiger partial charge in [0.1, 0.15) is 19.0 Å². The number of rotatable bonds is 7. The van der Waals surface area contributed by atoms with Crippen LogP contribution < -0.4 is 9.47 Å². The van der Waals surface area contributed by atoms with E-state index in [1.807, 2.05) is 12.1 Å². The van der Waals surface area contributed by atoms with E-state index in [1.54, 1.807) is 38.1 Å². The van der Waals surface area contributed by atoms with Gasteiger partial charge in [-0.2, -0.15) is 0 Å². The Morgan fingerprint density at radius 2 is 1.78 bits per heavy atom. The molecule has 0 atom stereocenters. The average Bonchev–Trinajstić information content (AvgIpc) is 2.60. The fourth-order valence-electron chi connectivity index (χ4n) is 2.52. The normalized spacial score (nSPS) is 10.0. The number of hydrogen-bond donors (Lipinski definition) is 1. The second kappa shape index (κ2) is 9.36. The Kier molecular flexibility index (Phi) is 7.18. The number of benzene rings is 2. The summed E-state index contributed by atoms with van der Waals surface area (Å²) in [5.74, 6) is 2.09. The SMILES string of the molecule is C#CCOc1c(Cl)cc(OCc2ccccc2C(C(=O)O)=C(C)C)cc1Cl. The fraction of sp³-hybridized carbons (Fsp3) is 0.190. The van der Waals surface area contributed by atoms with Gasteiger partial charge in [0.25, 0.3) is 0 Å². The van der Waals surface area contributed by atoms with E-state index in [1.165, 1.54) is 0 Å². The molecule has 1 N–H and O–H groups in total. The molecule has 0 aliphatic carbocycles. The lowest BCUT2D eigenvalue weighted by atomic mass is 9.97. The molecule has 2 aromatic carbocycles. The molecule has 27 heavy (non-hydrogen) atoms. The second-order valence-electron chi connectivity index (χ2n) is 5.83. The van der Waals surface area contributed by atoms with Gasteiger partial charge in [-0.15, -0.1) is 6.42 Å². The van der Waals surface area contributed by atoms with E-state index in [4.69, 9.17) is 39.1 Å². The zero-order valence-corrected chi connectivity index (χ0v) is 16.4. The van der Waals surface area contributed by atoms with Crippen molar-refractivity contribution >= 4 is 34.7 Å². The Morgan fingerprint density at radius 1 is 1.15 bits per heavy atom. The van der Waals surface area contributed by atoms with E-state index in [0.717, 1.165) is 5.56 Å². The smallest absolute Gasteiger partial charge is 0.336 e. The maximum atomic E-state index is 11.6. The average molecular weight is 405 g/mol. The maximum Gasteiger partial charge on any atom is 0.336 e. The first-order valence-electron chi connectivity index (χ1n) is 8.02. The first-order valence-corrected chi connectivity index (χ1v) is 8.78.